The van der Waals surface area contributed by atoms with Crippen molar-refractivity contribution < 1.29 is 4.74 Å². The number of rotatable bonds is 2. The number of H-pyrrole nitrogens is 2. The summed E-state index contributed by atoms with van der Waals surface area (Å²) in [7, 11) is 0. The van der Waals surface area contributed by atoms with Crippen molar-refractivity contribution >= 4 is 16.7 Å². The Balaban J connectivity index is 1.97. The first-order chi connectivity index (χ1) is 8.72. The molecule has 2 aromatic rings. The molecule has 0 saturated carbocycles. The topological polar surface area (TPSA) is 87.0 Å². The number of aromatic nitrogens is 2. The molecule has 6 nitrogen and oxygen atoms in total. The van der Waals surface area contributed by atoms with Gasteiger partial charge < -0.3 is 20.0 Å². The van der Waals surface area contributed by atoms with E-state index in [0.717, 1.165) is 18.7 Å². The van der Waals surface area contributed by atoms with Crippen molar-refractivity contribution in [2.24, 2.45) is 0 Å². The van der Waals surface area contributed by atoms with Gasteiger partial charge in [-0.05, 0) is 24.6 Å². The lowest BCUT2D eigenvalue weighted by Crippen LogP contribution is -2.29. The van der Waals surface area contributed by atoms with Gasteiger partial charge in [-0.1, -0.05) is 0 Å². The summed E-state index contributed by atoms with van der Waals surface area (Å²) in [6, 6.07) is 5.75. The maximum atomic E-state index is 11.2. The number of benzene rings is 1. The summed E-state index contributed by atoms with van der Waals surface area (Å²) in [5, 5.41) is 3.33. The predicted octanol–water partition coefficient (Wildman–Crippen LogP) is 0.417. The molecule has 6 heteroatoms. The molecule has 3 rings (SSSR count). The zero-order valence-electron chi connectivity index (χ0n) is 9.66. The molecule has 1 saturated heterocycles. The fourth-order valence-corrected chi connectivity index (χ4v) is 2.09. The Morgan fingerprint density at radius 2 is 1.94 bits per heavy atom. The zero-order chi connectivity index (χ0) is 12.5. The first kappa shape index (κ1) is 11.0. The van der Waals surface area contributed by atoms with Crippen molar-refractivity contribution in [2.75, 3.05) is 18.5 Å². The quantitative estimate of drug-likeness (QED) is 0.671. The van der Waals surface area contributed by atoms with Crippen LogP contribution in [0.3, 0.4) is 0 Å². The maximum absolute atomic E-state index is 11.2. The first-order valence-corrected chi connectivity index (χ1v) is 5.83. The van der Waals surface area contributed by atoms with Crippen molar-refractivity contribution in [3.05, 3.63) is 38.9 Å². The van der Waals surface area contributed by atoms with Gasteiger partial charge in [-0.15, -0.1) is 0 Å². The van der Waals surface area contributed by atoms with Gasteiger partial charge in [-0.3, -0.25) is 9.59 Å². The van der Waals surface area contributed by atoms with E-state index in [1.54, 1.807) is 6.07 Å². The summed E-state index contributed by atoms with van der Waals surface area (Å²) in [4.78, 5) is 27.5. The number of anilines is 1. The molecule has 0 amide bonds. The van der Waals surface area contributed by atoms with Gasteiger partial charge in [-0.25, -0.2) is 0 Å². The second-order valence-electron chi connectivity index (χ2n) is 4.37. The van der Waals surface area contributed by atoms with Crippen LogP contribution in [-0.4, -0.2) is 29.2 Å². The van der Waals surface area contributed by atoms with Crippen molar-refractivity contribution in [2.45, 2.75) is 12.5 Å². The highest BCUT2D eigenvalue weighted by Crippen LogP contribution is 2.17. The van der Waals surface area contributed by atoms with Gasteiger partial charge in [0.05, 0.1) is 23.7 Å². The Hall–Kier alpha value is -2.08. The maximum Gasteiger partial charge on any atom is 0.314 e. The molecule has 0 radical (unpaired) electrons. The van der Waals surface area contributed by atoms with Crippen LogP contribution in [0.4, 0.5) is 5.69 Å². The van der Waals surface area contributed by atoms with Crippen LogP contribution in [0, 0.1) is 0 Å². The highest BCUT2D eigenvalue weighted by atomic mass is 16.5. The Labute approximate surface area is 102 Å². The van der Waals surface area contributed by atoms with E-state index in [2.05, 4.69) is 15.3 Å². The lowest BCUT2D eigenvalue weighted by Gasteiger charge is -2.12. The minimum absolute atomic E-state index is 0.303. The molecule has 1 atom stereocenters. The second kappa shape index (κ2) is 4.30. The molecule has 0 aliphatic carbocycles. The summed E-state index contributed by atoms with van der Waals surface area (Å²) in [5.74, 6) is 0. The van der Waals surface area contributed by atoms with Gasteiger partial charge in [0.15, 0.2) is 0 Å². The molecule has 0 bridgehead atoms. The molecule has 1 aliphatic heterocycles. The van der Waals surface area contributed by atoms with Crippen LogP contribution in [-0.2, 0) is 4.74 Å². The molecule has 1 aromatic heterocycles. The summed E-state index contributed by atoms with van der Waals surface area (Å²) >= 11 is 0. The van der Waals surface area contributed by atoms with Crippen LogP contribution in [0.5, 0.6) is 0 Å². The minimum Gasteiger partial charge on any atom is -0.380 e. The zero-order valence-corrected chi connectivity index (χ0v) is 9.66. The fraction of sp³-hybridized carbons (Fsp3) is 0.333. The van der Waals surface area contributed by atoms with Crippen molar-refractivity contribution in [1.82, 2.24) is 9.97 Å². The lowest BCUT2D eigenvalue weighted by molar-refractivity contribution is 0.195. The molecule has 3 N–H and O–H groups in total. The third kappa shape index (κ3) is 2.02. The van der Waals surface area contributed by atoms with E-state index in [-0.39, 0.29) is 0 Å². The van der Waals surface area contributed by atoms with Crippen molar-refractivity contribution in [3.63, 3.8) is 0 Å². The predicted molar refractivity (Wildman–Crippen MR) is 68.0 cm³/mol. The molecule has 1 fully saturated rings. The molecule has 0 spiro atoms. The molecular weight excluding hydrogens is 234 g/mol. The number of hydrogen-bond acceptors (Lipinski definition) is 4. The molecule has 1 aliphatic rings. The molecular formula is C12H13N3O3. The first-order valence-electron chi connectivity index (χ1n) is 5.83. The highest BCUT2D eigenvalue weighted by Gasteiger charge is 2.15. The highest BCUT2D eigenvalue weighted by molar-refractivity contribution is 5.78. The van der Waals surface area contributed by atoms with Crippen LogP contribution in [0.2, 0.25) is 0 Å². The van der Waals surface area contributed by atoms with Gasteiger partial charge in [0, 0.05) is 12.3 Å². The average Bonchev–Trinajstić information content (AvgIpc) is 2.84. The number of fused-ring (bicyclic) bond motifs is 1. The Morgan fingerprint density at radius 1 is 1.17 bits per heavy atom. The SMILES string of the molecule is O=c1[nH]c2ccc(NC3CCOC3)cc2[nH]c1=O. The summed E-state index contributed by atoms with van der Waals surface area (Å²) in [6.45, 7) is 1.47. The van der Waals surface area contributed by atoms with E-state index in [0.29, 0.717) is 23.7 Å². The number of ether oxygens (including phenoxy) is 1. The lowest BCUT2D eigenvalue weighted by atomic mass is 10.2. The fourth-order valence-electron chi connectivity index (χ4n) is 2.09. The van der Waals surface area contributed by atoms with E-state index in [1.165, 1.54) is 0 Å². The Kier molecular flexibility index (Phi) is 2.64. The van der Waals surface area contributed by atoms with E-state index >= 15 is 0 Å². The normalized spacial score (nSPS) is 19.2. The van der Waals surface area contributed by atoms with Gasteiger partial charge in [0.2, 0.25) is 0 Å². The van der Waals surface area contributed by atoms with Crippen LogP contribution in [0.1, 0.15) is 6.42 Å². The number of nitrogens with one attached hydrogen (secondary N) is 3. The van der Waals surface area contributed by atoms with E-state index in [4.69, 9.17) is 4.74 Å². The molecule has 1 aromatic carbocycles. The Bertz CT molecular complexity index is 683. The summed E-state index contributed by atoms with van der Waals surface area (Å²) in [5.41, 5.74) is 0.869. The smallest absolute Gasteiger partial charge is 0.314 e. The van der Waals surface area contributed by atoms with Crippen molar-refractivity contribution in [1.29, 1.82) is 0 Å². The number of hydrogen-bond donors (Lipinski definition) is 3. The third-order valence-corrected chi connectivity index (χ3v) is 3.02. The molecule has 94 valence electrons. The Morgan fingerprint density at radius 3 is 2.67 bits per heavy atom. The summed E-state index contributed by atoms with van der Waals surface area (Å²) < 4.78 is 5.28. The summed E-state index contributed by atoms with van der Waals surface area (Å²) in [6.07, 6.45) is 0.972. The third-order valence-electron chi connectivity index (χ3n) is 3.02. The molecule has 1 unspecified atom stereocenters. The van der Waals surface area contributed by atoms with Gasteiger partial charge in [0.1, 0.15) is 0 Å². The van der Waals surface area contributed by atoms with Crippen LogP contribution in [0.15, 0.2) is 27.8 Å². The van der Waals surface area contributed by atoms with Crippen LogP contribution in [0.25, 0.3) is 11.0 Å². The molecule has 2 heterocycles. The van der Waals surface area contributed by atoms with E-state index in [1.807, 2.05) is 12.1 Å². The van der Waals surface area contributed by atoms with Crippen LogP contribution < -0.4 is 16.4 Å². The monoisotopic (exact) mass is 247 g/mol. The number of aromatic amines is 2. The van der Waals surface area contributed by atoms with Gasteiger partial charge in [0.25, 0.3) is 0 Å². The largest absolute Gasteiger partial charge is 0.380 e. The van der Waals surface area contributed by atoms with Crippen LogP contribution >= 0.6 is 0 Å². The van der Waals surface area contributed by atoms with E-state index in [9.17, 15) is 9.59 Å². The van der Waals surface area contributed by atoms with Crippen molar-refractivity contribution in [3.8, 4) is 0 Å². The standard InChI is InChI=1S/C12H13N3O3/c16-11-12(17)15-10-5-7(1-2-9(10)14-11)13-8-3-4-18-6-8/h1-2,5,8,13H,3-4,6H2,(H,14,16)(H,15,17). The second-order valence-corrected chi connectivity index (χ2v) is 4.37. The molecule has 18 heavy (non-hydrogen) atoms. The average molecular weight is 247 g/mol. The van der Waals surface area contributed by atoms with Gasteiger partial charge in [-0.2, -0.15) is 0 Å². The minimum atomic E-state index is -0.635. The van der Waals surface area contributed by atoms with E-state index < -0.39 is 11.1 Å². The van der Waals surface area contributed by atoms with Gasteiger partial charge >= 0.3 is 11.1 Å².